The summed E-state index contributed by atoms with van der Waals surface area (Å²) in [6, 6.07) is 0. The second-order valence-corrected chi connectivity index (χ2v) is 8.64. The highest BCUT2D eigenvalue weighted by Gasteiger charge is 2.14. The Morgan fingerprint density at radius 3 is 2.15 bits per heavy atom. The molecule has 13 heavy (non-hydrogen) atoms. The van der Waals surface area contributed by atoms with Crippen LogP contribution in [0.5, 0.6) is 0 Å². The third-order valence-corrected chi connectivity index (χ3v) is 2.43. The molecule has 0 N–H and O–H groups in total. The Hall–Kier alpha value is -0.483. The quantitative estimate of drug-likeness (QED) is 0.487. The summed E-state index contributed by atoms with van der Waals surface area (Å²) in [6.45, 7) is 8.10. The molecule has 0 radical (unpaired) electrons. The minimum absolute atomic E-state index is 0.0225. The van der Waals surface area contributed by atoms with Gasteiger partial charge in [-0.25, -0.2) is 0 Å². The molecule has 0 aromatic rings. The van der Waals surface area contributed by atoms with Gasteiger partial charge in [-0.05, 0) is 26.6 Å². The summed E-state index contributed by atoms with van der Waals surface area (Å²) in [6.07, 6.45) is 0.416. The van der Waals surface area contributed by atoms with Crippen molar-refractivity contribution in [2.24, 2.45) is 0 Å². The average Bonchev–Trinajstić information content (AvgIpc) is 1.81. The van der Waals surface area contributed by atoms with Crippen LogP contribution in [-0.2, 0) is 14.0 Å². The van der Waals surface area contributed by atoms with Crippen LogP contribution in [0.2, 0.25) is 19.6 Å². The maximum absolute atomic E-state index is 11.1. The van der Waals surface area contributed by atoms with Gasteiger partial charge in [0.1, 0.15) is 11.6 Å². The Bertz CT molecular complexity index is 194. The molecule has 0 aliphatic heterocycles. The van der Waals surface area contributed by atoms with E-state index in [-0.39, 0.29) is 18.0 Å². The van der Waals surface area contributed by atoms with Gasteiger partial charge in [0.15, 0.2) is 8.32 Å². The maximum Gasteiger partial charge on any atom is 0.183 e. The first-order valence-corrected chi connectivity index (χ1v) is 7.87. The highest BCUT2D eigenvalue weighted by Crippen LogP contribution is 2.03. The number of carbonyl (C=O) groups excluding carboxylic acids is 2. The molecule has 0 fully saturated rings. The third kappa shape index (κ3) is 9.43. The van der Waals surface area contributed by atoms with Crippen LogP contribution in [0.4, 0.5) is 0 Å². The molecule has 0 aliphatic carbocycles. The molecule has 76 valence electrons. The molecule has 0 amide bonds. The van der Waals surface area contributed by atoms with E-state index in [1.165, 1.54) is 6.92 Å². The van der Waals surface area contributed by atoms with E-state index in [2.05, 4.69) is 19.6 Å². The summed E-state index contributed by atoms with van der Waals surface area (Å²) in [4.78, 5) is 21.6. The lowest BCUT2D eigenvalue weighted by molar-refractivity contribution is -0.126. The van der Waals surface area contributed by atoms with Crippen LogP contribution in [0.25, 0.3) is 0 Å². The predicted octanol–water partition coefficient (Wildman–Crippen LogP) is 1.78. The molecular weight excluding hydrogens is 184 g/mol. The maximum atomic E-state index is 11.1. The lowest BCUT2D eigenvalue weighted by Crippen LogP contribution is -2.26. The average molecular weight is 202 g/mol. The first-order valence-electron chi connectivity index (χ1n) is 4.46. The summed E-state index contributed by atoms with van der Waals surface area (Å²) in [5.41, 5.74) is 0. The first kappa shape index (κ1) is 12.5. The Kier molecular flexibility index (Phi) is 5.09. The topological polar surface area (TPSA) is 43.4 Å². The molecule has 0 aromatic carbocycles. The zero-order chi connectivity index (χ0) is 10.5. The van der Waals surface area contributed by atoms with Gasteiger partial charge in [0.25, 0.3) is 0 Å². The smallest absolute Gasteiger partial charge is 0.183 e. The Morgan fingerprint density at radius 1 is 1.23 bits per heavy atom. The summed E-state index contributed by atoms with van der Waals surface area (Å²) < 4.78 is 5.49. The van der Waals surface area contributed by atoms with Crippen LogP contribution in [0.3, 0.4) is 0 Å². The highest BCUT2D eigenvalue weighted by molar-refractivity contribution is 6.69. The number of carbonyl (C=O) groups is 2. The zero-order valence-corrected chi connectivity index (χ0v) is 9.85. The molecule has 4 heteroatoms. The molecule has 0 atom stereocenters. The van der Waals surface area contributed by atoms with E-state index in [4.69, 9.17) is 4.43 Å². The van der Waals surface area contributed by atoms with Gasteiger partial charge in [-0.1, -0.05) is 0 Å². The van der Waals surface area contributed by atoms with Gasteiger partial charge in [-0.3, -0.25) is 9.59 Å². The number of rotatable bonds is 6. The van der Waals surface area contributed by atoms with Crippen molar-refractivity contribution >= 4 is 19.9 Å². The van der Waals surface area contributed by atoms with Crippen LogP contribution in [-0.4, -0.2) is 26.5 Å². The predicted molar refractivity (Wildman–Crippen MR) is 54.2 cm³/mol. The van der Waals surface area contributed by atoms with Gasteiger partial charge in [0, 0.05) is 13.0 Å². The largest absolute Gasteiger partial charge is 0.417 e. The first-order chi connectivity index (χ1) is 5.81. The SMILES string of the molecule is CC(=O)CC(=O)CCO[Si](C)(C)C. The van der Waals surface area contributed by atoms with Crippen LogP contribution >= 0.6 is 0 Å². The normalized spacial score (nSPS) is 11.4. The highest BCUT2D eigenvalue weighted by atomic mass is 28.4. The molecule has 0 heterocycles. The van der Waals surface area contributed by atoms with Crippen molar-refractivity contribution in [1.29, 1.82) is 0 Å². The summed E-state index contributed by atoms with van der Waals surface area (Å²) in [5, 5.41) is 0. The molecule has 0 saturated carbocycles. The molecule has 0 bridgehead atoms. The molecule has 3 nitrogen and oxygen atoms in total. The molecular formula is C9H18O3Si. The van der Waals surface area contributed by atoms with Crippen LogP contribution in [0, 0.1) is 0 Å². The molecule has 0 saturated heterocycles. The molecule has 0 aliphatic rings. The number of hydrogen-bond donors (Lipinski definition) is 0. The Labute approximate surface area is 80.6 Å². The van der Waals surface area contributed by atoms with Crippen molar-refractivity contribution in [2.75, 3.05) is 6.61 Å². The number of hydrogen-bond acceptors (Lipinski definition) is 3. The van der Waals surface area contributed by atoms with Crippen LogP contribution < -0.4 is 0 Å². The second-order valence-electron chi connectivity index (χ2n) is 4.13. The van der Waals surface area contributed by atoms with Crippen molar-refractivity contribution in [3.63, 3.8) is 0 Å². The van der Waals surface area contributed by atoms with E-state index in [1.807, 2.05) is 0 Å². The van der Waals surface area contributed by atoms with E-state index in [1.54, 1.807) is 0 Å². The van der Waals surface area contributed by atoms with E-state index in [0.717, 1.165) is 0 Å². The third-order valence-electron chi connectivity index (χ3n) is 1.36. The summed E-state index contributed by atoms with van der Waals surface area (Å²) in [5.74, 6) is -0.0937. The van der Waals surface area contributed by atoms with Gasteiger partial charge in [0.05, 0.1) is 6.42 Å². The second kappa shape index (κ2) is 5.29. The van der Waals surface area contributed by atoms with Crippen LogP contribution in [0.1, 0.15) is 19.8 Å². The van der Waals surface area contributed by atoms with Gasteiger partial charge in [-0.2, -0.15) is 0 Å². The Balaban J connectivity index is 3.54. The number of Topliss-reactive ketones (excluding diaryl/α,β-unsaturated/α-hetero) is 2. The molecule has 0 spiro atoms. The van der Waals surface area contributed by atoms with Crippen LogP contribution in [0.15, 0.2) is 0 Å². The lowest BCUT2D eigenvalue weighted by Gasteiger charge is -2.16. The van der Waals surface area contributed by atoms with E-state index >= 15 is 0 Å². The van der Waals surface area contributed by atoms with E-state index in [9.17, 15) is 9.59 Å². The molecule has 0 aromatic heterocycles. The minimum Gasteiger partial charge on any atom is -0.417 e. The van der Waals surface area contributed by atoms with Gasteiger partial charge < -0.3 is 4.43 Å². The zero-order valence-electron chi connectivity index (χ0n) is 8.85. The summed E-state index contributed by atoms with van der Waals surface area (Å²) >= 11 is 0. The van der Waals surface area contributed by atoms with Gasteiger partial charge in [0.2, 0.25) is 0 Å². The van der Waals surface area contributed by atoms with Crippen molar-refractivity contribution < 1.29 is 14.0 Å². The van der Waals surface area contributed by atoms with Crippen molar-refractivity contribution in [2.45, 2.75) is 39.4 Å². The van der Waals surface area contributed by atoms with Gasteiger partial charge >= 0.3 is 0 Å². The summed E-state index contributed by atoms with van der Waals surface area (Å²) in [7, 11) is -1.50. The van der Waals surface area contributed by atoms with E-state index < -0.39 is 8.32 Å². The fourth-order valence-electron chi connectivity index (χ4n) is 0.837. The molecule has 0 rings (SSSR count). The fraction of sp³-hybridized carbons (Fsp3) is 0.778. The van der Waals surface area contributed by atoms with E-state index in [0.29, 0.717) is 13.0 Å². The van der Waals surface area contributed by atoms with Gasteiger partial charge in [-0.15, -0.1) is 0 Å². The monoisotopic (exact) mass is 202 g/mol. The van der Waals surface area contributed by atoms with Crippen molar-refractivity contribution in [3.8, 4) is 0 Å². The lowest BCUT2D eigenvalue weighted by atomic mass is 10.2. The van der Waals surface area contributed by atoms with Crippen molar-refractivity contribution in [3.05, 3.63) is 0 Å². The Morgan fingerprint density at radius 2 is 1.77 bits per heavy atom. The molecule has 0 unspecified atom stereocenters. The minimum atomic E-state index is -1.50. The number of ketones is 2. The fourth-order valence-corrected chi connectivity index (χ4v) is 1.55. The standard InChI is InChI=1S/C9H18O3Si/c1-8(10)7-9(11)5-6-12-13(2,3)4/h5-7H2,1-4H3. The van der Waals surface area contributed by atoms with Crippen molar-refractivity contribution in [1.82, 2.24) is 0 Å².